The van der Waals surface area contributed by atoms with Gasteiger partial charge in [-0.2, -0.15) is 0 Å². The standard InChI is InChI=1S/C30H24N2O/c1-2-10-21(25-12-5-7-17-31-25)20(9-1)19-27-24-16-15-23-22-11-3-4-14-28(22)33-30(23)29(24)26-13-6-8-18-32(26)27/h1-16,18,26-27,31H,17,19H2/t26?,27-/m1/s1. The van der Waals surface area contributed by atoms with E-state index in [1.54, 1.807) is 0 Å². The molecule has 160 valence electrons. The molecule has 0 aliphatic carbocycles. The number of dihydropyridines is 1. The SMILES string of the molecule is C1=CCNC(c2ccccc2C[C@@H]2c3ccc4c(oc5ccccc54)c3C3C=CC=CN32)=C1. The van der Waals surface area contributed by atoms with Crippen LogP contribution in [0.5, 0.6) is 0 Å². The Morgan fingerprint density at radius 3 is 2.76 bits per heavy atom. The van der Waals surface area contributed by atoms with Gasteiger partial charge in [-0.3, -0.25) is 0 Å². The number of para-hydroxylation sites is 1. The lowest BCUT2D eigenvalue weighted by Gasteiger charge is -2.30. The van der Waals surface area contributed by atoms with Crippen molar-refractivity contribution < 1.29 is 4.42 Å². The van der Waals surface area contributed by atoms with Crippen molar-refractivity contribution in [3.05, 3.63) is 126 Å². The first-order chi connectivity index (χ1) is 16.4. The fourth-order valence-corrected chi connectivity index (χ4v) is 5.66. The second kappa shape index (κ2) is 7.28. The highest BCUT2D eigenvalue weighted by Gasteiger charge is 2.39. The lowest BCUT2D eigenvalue weighted by Crippen LogP contribution is -2.23. The van der Waals surface area contributed by atoms with Crippen LogP contribution in [0.15, 0.2) is 108 Å². The fourth-order valence-electron chi connectivity index (χ4n) is 5.66. The van der Waals surface area contributed by atoms with E-state index in [0.29, 0.717) is 0 Å². The molecule has 4 aromatic rings. The van der Waals surface area contributed by atoms with Crippen molar-refractivity contribution in [2.45, 2.75) is 18.5 Å². The zero-order valence-corrected chi connectivity index (χ0v) is 18.2. The molecule has 1 N–H and O–H groups in total. The van der Waals surface area contributed by atoms with E-state index >= 15 is 0 Å². The molecule has 3 aliphatic rings. The van der Waals surface area contributed by atoms with E-state index in [1.807, 2.05) is 6.07 Å². The lowest BCUT2D eigenvalue weighted by molar-refractivity contribution is 0.269. The lowest BCUT2D eigenvalue weighted by atomic mass is 9.92. The Labute approximate surface area is 193 Å². The van der Waals surface area contributed by atoms with E-state index in [-0.39, 0.29) is 12.1 Å². The van der Waals surface area contributed by atoms with Crippen molar-refractivity contribution in [1.29, 1.82) is 0 Å². The predicted molar refractivity (Wildman–Crippen MR) is 135 cm³/mol. The maximum Gasteiger partial charge on any atom is 0.141 e. The molecule has 33 heavy (non-hydrogen) atoms. The van der Waals surface area contributed by atoms with Gasteiger partial charge in [0.15, 0.2) is 0 Å². The highest BCUT2D eigenvalue weighted by molar-refractivity contribution is 6.06. The number of allylic oxidation sites excluding steroid dienone is 4. The molecule has 3 nitrogen and oxygen atoms in total. The number of benzene rings is 3. The minimum Gasteiger partial charge on any atom is -0.456 e. The van der Waals surface area contributed by atoms with Crippen molar-refractivity contribution in [1.82, 2.24) is 10.2 Å². The van der Waals surface area contributed by atoms with Gasteiger partial charge in [0, 0.05) is 40.3 Å². The number of fused-ring (bicyclic) bond motifs is 7. The predicted octanol–water partition coefficient (Wildman–Crippen LogP) is 6.81. The first-order valence-electron chi connectivity index (χ1n) is 11.6. The summed E-state index contributed by atoms with van der Waals surface area (Å²) in [5.41, 5.74) is 8.50. The molecule has 0 radical (unpaired) electrons. The topological polar surface area (TPSA) is 28.4 Å². The monoisotopic (exact) mass is 428 g/mol. The molecule has 1 aromatic heterocycles. The van der Waals surface area contributed by atoms with Crippen LogP contribution in [0, 0.1) is 0 Å². The van der Waals surface area contributed by atoms with Crippen LogP contribution in [0.3, 0.4) is 0 Å². The van der Waals surface area contributed by atoms with Crippen molar-refractivity contribution in [3.8, 4) is 0 Å². The second-order valence-electron chi connectivity index (χ2n) is 8.93. The molecule has 0 saturated carbocycles. The molecule has 0 bridgehead atoms. The Hall–Kier alpha value is -3.98. The van der Waals surface area contributed by atoms with Gasteiger partial charge in [0.1, 0.15) is 11.2 Å². The summed E-state index contributed by atoms with van der Waals surface area (Å²) in [6.45, 7) is 0.873. The maximum atomic E-state index is 6.45. The van der Waals surface area contributed by atoms with E-state index in [2.05, 4.69) is 107 Å². The zero-order valence-electron chi connectivity index (χ0n) is 18.2. The number of hydrogen-bond donors (Lipinski definition) is 1. The third-order valence-corrected chi connectivity index (χ3v) is 7.15. The molecule has 3 aromatic carbocycles. The van der Waals surface area contributed by atoms with Crippen LogP contribution in [0.2, 0.25) is 0 Å². The summed E-state index contributed by atoms with van der Waals surface area (Å²) in [4.78, 5) is 2.50. The third kappa shape index (κ3) is 2.82. The number of furan rings is 1. The van der Waals surface area contributed by atoms with E-state index in [4.69, 9.17) is 4.42 Å². The van der Waals surface area contributed by atoms with Gasteiger partial charge in [-0.15, -0.1) is 0 Å². The van der Waals surface area contributed by atoms with Crippen molar-refractivity contribution in [3.63, 3.8) is 0 Å². The van der Waals surface area contributed by atoms with E-state index in [9.17, 15) is 0 Å². The molecule has 0 spiro atoms. The van der Waals surface area contributed by atoms with Gasteiger partial charge in [-0.25, -0.2) is 0 Å². The third-order valence-electron chi connectivity index (χ3n) is 7.15. The van der Waals surface area contributed by atoms with Crippen LogP contribution < -0.4 is 5.32 Å². The highest BCUT2D eigenvalue weighted by atomic mass is 16.3. The molecule has 1 unspecified atom stereocenters. The number of hydrogen-bond acceptors (Lipinski definition) is 3. The van der Waals surface area contributed by atoms with Gasteiger partial charge in [-0.05, 0) is 35.8 Å². The number of nitrogens with zero attached hydrogens (tertiary/aromatic N) is 1. The summed E-state index contributed by atoms with van der Waals surface area (Å²) in [6.07, 6.45) is 16.2. The van der Waals surface area contributed by atoms with Crippen molar-refractivity contribution in [2.75, 3.05) is 6.54 Å². The van der Waals surface area contributed by atoms with Crippen LogP contribution in [-0.4, -0.2) is 11.4 Å². The summed E-state index contributed by atoms with van der Waals surface area (Å²) < 4.78 is 6.45. The minimum absolute atomic E-state index is 0.196. The molecule has 0 fully saturated rings. The van der Waals surface area contributed by atoms with Crippen molar-refractivity contribution >= 4 is 27.6 Å². The van der Waals surface area contributed by atoms with Crippen LogP contribution >= 0.6 is 0 Å². The smallest absolute Gasteiger partial charge is 0.141 e. The molecular weight excluding hydrogens is 404 g/mol. The van der Waals surface area contributed by atoms with Crippen LogP contribution in [0.1, 0.15) is 34.3 Å². The fraction of sp³-hybridized carbons (Fsp3) is 0.133. The van der Waals surface area contributed by atoms with Crippen LogP contribution in [0.4, 0.5) is 0 Å². The summed E-state index contributed by atoms with van der Waals surface area (Å²) >= 11 is 0. The summed E-state index contributed by atoms with van der Waals surface area (Å²) in [7, 11) is 0. The summed E-state index contributed by atoms with van der Waals surface area (Å²) in [5, 5.41) is 5.93. The molecular formula is C30H24N2O. The number of rotatable bonds is 3. The Kier molecular flexibility index (Phi) is 4.10. The van der Waals surface area contributed by atoms with Gasteiger partial charge >= 0.3 is 0 Å². The zero-order chi connectivity index (χ0) is 21.8. The molecule has 0 saturated heterocycles. The van der Waals surface area contributed by atoms with Gasteiger partial charge in [0.2, 0.25) is 0 Å². The Morgan fingerprint density at radius 2 is 1.82 bits per heavy atom. The van der Waals surface area contributed by atoms with Gasteiger partial charge in [0.05, 0.1) is 12.1 Å². The largest absolute Gasteiger partial charge is 0.456 e. The summed E-state index contributed by atoms with van der Waals surface area (Å²) in [5.74, 6) is 0. The first kappa shape index (κ1) is 18.6. The Balaban J connectivity index is 1.38. The molecule has 0 amide bonds. The highest BCUT2D eigenvalue weighted by Crippen LogP contribution is 2.50. The van der Waals surface area contributed by atoms with Crippen molar-refractivity contribution in [2.24, 2.45) is 0 Å². The molecule has 3 heteroatoms. The normalized spacial score (nSPS) is 20.7. The molecule has 2 atom stereocenters. The maximum absolute atomic E-state index is 6.45. The second-order valence-corrected chi connectivity index (χ2v) is 8.93. The first-order valence-corrected chi connectivity index (χ1v) is 11.6. The van der Waals surface area contributed by atoms with Gasteiger partial charge in [0.25, 0.3) is 0 Å². The molecule has 3 aliphatic heterocycles. The average molecular weight is 429 g/mol. The van der Waals surface area contributed by atoms with Gasteiger partial charge in [-0.1, -0.05) is 78.9 Å². The quantitative estimate of drug-likeness (QED) is 0.388. The van der Waals surface area contributed by atoms with Crippen LogP contribution in [-0.2, 0) is 6.42 Å². The van der Waals surface area contributed by atoms with Crippen LogP contribution in [0.25, 0.3) is 27.6 Å². The minimum atomic E-state index is 0.196. The molecule has 7 rings (SSSR count). The Bertz CT molecular complexity index is 1520. The van der Waals surface area contributed by atoms with E-state index < -0.39 is 0 Å². The van der Waals surface area contributed by atoms with E-state index in [0.717, 1.165) is 24.1 Å². The average Bonchev–Trinajstić information content (AvgIpc) is 3.41. The molecule has 4 heterocycles. The Morgan fingerprint density at radius 1 is 0.909 bits per heavy atom. The number of nitrogens with one attached hydrogen (secondary N) is 1. The van der Waals surface area contributed by atoms with Gasteiger partial charge < -0.3 is 14.6 Å². The van der Waals surface area contributed by atoms with E-state index in [1.165, 1.54) is 38.7 Å². The summed E-state index contributed by atoms with van der Waals surface area (Å²) in [6, 6.07) is 22.2.